The van der Waals surface area contributed by atoms with Gasteiger partial charge >= 0.3 is 0 Å². The molecule has 0 aliphatic carbocycles. The molecule has 4 heteroatoms. The first-order chi connectivity index (χ1) is 9.62. The number of nitrogens with one attached hydrogen (secondary N) is 1. The van der Waals surface area contributed by atoms with Crippen molar-refractivity contribution in [2.45, 2.75) is 26.8 Å². The zero-order valence-electron chi connectivity index (χ0n) is 12.9. The minimum Gasteiger partial charge on any atom is -0.493 e. The van der Waals surface area contributed by atoms with E-state index in [0.717, 1.165) is 30.6 Å². The summed E-state index contributed by atoms with van der Waals surface area (Å²) in [6.45, 7) is 10.1. The smallest absolute Gasteiger partial charge is 0.203 e. The second-order valence-electron chi connectivity index (χ2n) is 4.75. The minimum atomic E-state index is 0.445. The third-order valence-electron chi connectivity index (χ3n) is 2.74. The molecular weight excluding hydrogens is 254 g/mol. The zero-order chi connectivity index (χ0) is 15.0. The van der Waals surface area contributed by atoms with E-state index in [2.05, 4.69) is 18.8 Å². The summed E-state index contributed by atoms with van der Waals surface area (Å²) in [5.41, 5.74) is 2.05. The first-order valence-corrected chi connectivity index (χ1v) is 6.85. The van der Waals surface area contributed by atoms with Crippen molar-refractivity contribution in [2.24, 2.45) is 0 Å². The Balaban J connectivity index is 2.95. The summed E-state index contributed by atoms with van der Waals surface area (Å²) >= 11 is 0. The van der Waals surface area contributed by atoms with Crippen molar-refractivity contribution in [3.05, 3.63) is 29.8 Å². The minimum absolute atomic E-state index is 0.445. The molecular formula is C16H25NO3. The number of hydrogen-bond acceptors (Lipinski definition) is 4. The highest BCUT2D eigenvalue weighted by molar-refractivity contribution is 5.54. The fourth-order valence-electron chi connectivity index (χ4n) is 1.78. The van der Waals surface area contributed by atoms with Crippen molar-refractivity contribution in [2.75, 3.05) is 27.4 Å². The van der Waals surface area contributed by atoms with Crippen molar-refractivity contribution in [1.29, 1.82) is 0 Å². The summed E-state index contributed by atoms with van der Waals surface area (Å²) in [5, 5.41) is 3.36. The van der Waals surface area contributed by atoms with Gasteiger partial charge in [-0.2, -0.15) is 0 Å². The normalized spacial score (nSPS) is 10.2. The molecule has 1 rings (SSSR count). The first kappa shape index (κ1) is 16.4. The summed E-state index contributed by atoms with van der Waals surface area (Å²) in [6, 6.07) is 3.94. The molecule has 0 amide bonds. The predicted molar refractivity (Wildman–Crippen MR) is 81.9 cm³/mol. The molecule has 0 bridgehead atoms. The lowest BCUT2D eigenvalue weighted by Gasteiger charge is -2.16. The number of hydrogen-bond donors (Lipinski definition) is 1. The van der Waals surface area contributed by atoms with Crippen LogP contribution in [0.25, 0.3) is 0 Å². The van der Waals surface area contributed by atoms with E-state index in [4.69, 9.17) is 14.2 Å². The Hall–Kier alpha value is -1.68. The molecule has 1 aromatic rings. The SMILES string of the molecule is C=C(C)COc1c(OC)cc(CNCCC)cc1OC. The lowest BCUT2D eigenvalue weighted by atomic mass is 10.1. The van der Waals surface area contributed by atoms with E-state index in [-0.39, 0.29) is 0 Å². The van der Waals surface area contributed by atoms with E-state index in [0.29, 0.717) is 23.9 Å². The Morgan fingerprint density at radius 3 is 2.25 bits per heavy atom. The second kappa shape index (κ2) is 8.48. The highest BCUT2D eigenvalue weighted by atomic mass is 16.5. The third kappa shape index (κ3) is 4.78. The van der Waals surface area contributed by atoms with E-state index >= 15 is 0 Å². The van der Waals surface area contributed by atoms with Gasteiger partial charge in [-0.25, -0.2) is 0 Å². The van der Waals surface area contributed by atoms with Crippen LogP contribution in [-0.4, -0.2) is 27.4 Å². The van der Waals surface area contributed by atoms with Gasteiger partial charge in [0.25, 0.3) is 0 Å². The fraction of sp³-hybridized carbons (Fsp3) is 0.500. The number of benzene rings is 1. The molecule has 0 aromatic heterocycles. The molecule has 1 aromatic carbocycles. The first-order valence-electron chi connectivity index (χ1n) is 6.85. The van der Waals surface area contributed by atoms with Gasteiger partial charge in [-0.05, 0) is 43.2 Å². The average Bonchev–Trinajstić information content (AvgIpc) is 2.44. The van der Waals surface area contributed by atoms with Crippen LogP contribution in [-0.2, 0) is 6.54 Å². The van der Waals surface area contributed by atoms with Crippen LogP contribution >= 0.6 is 0 Å². The Labute approximate surface area is 121 Å². The lowest BCUT2D eigenvalue weighted by molar-refractivity contribution is 0.295. The van der Waals surface area contributed by atoms with Crippen LogP contribution in [0.4, 0.5) is 0 Å². The van der Waals surface area contributed by atoms with Gasteiger partial charge in [0.2, 0.25) is 5.75 Å². The highest BCUT2D eigenvalue weighted by Gasteiger charge is 2.14. The molecule has 20 heavy (non-hydrogen) atoms. The van der Waals surface area contributed by atoms with Crippen molar-refractivity contribution >= 4 is 0 Å². The topological polar surface area (TPSA) is 39.7 Å². The largest absolute Gasteiger partial charge is 0.493 e. The van der Waals surface area contributed by atoms with Crippen molar-refractivity contribution in [1.82, 2.24) is 5.32 Å². The van der Waals surface area contributed by atoms with Crippen molar-refractivity contribution in [3.63, 3.8) is 0 Å². The molecule has 0 aliphatic heterocycles. The van der Waals surface area contributed by atoms with Crippen molar-refractivity contribution in [3.8, 4) is 17.2 Å². The van der Waals surface area contributed by atoms with Crippen LogP contribution in [0.1, 0.15) is 25.8 Å². The second-order valence-corrected chi connectivity index (χ2v) is 4.75. The van der Waals surface area contributed by atoms with E-state index in [1.165, 1.54) is 0 Å². The van der Waals surface area contributed by atoms with Crippen LogP contribution < -0.4 is 19.5 Å². The van der Waals surface area contributed by atoms with Crippen LogP contribution in [0.5, 0.6) is 17.2 Å². The molecule has 0 atom stereocenters. The summed E-state index contributed by atoms with van der Waals surface area (Å²) in [4.78, 5) is 0. The van der Waals surface area contributed by atoms with E-state index < -0.39 is 0 Å². The molecule has 0 radical (unpaired) electrons. The number of methoxy groups -OCH3 is 2. The quantitative estimate of drug-likeness (QED) is 0.557. The Bertz CT molecular complexity index is 418. The van der Waals surface area contributed by atoms with Gasteiger partial charge < -0.3 is 19.5 Å². The van der Waals surface area contributed by atoms with Gasteiger partial charge in [-0.15, -0.1) is 0 Å². The van der Waals surface area contributed by atoms with Gasteiger partial charge in [0.05, 0.1) is 14.2 Å². The van der Waals surface area contributed by atoms with E-state index in [1.807, 2.05) is 19.1 Å². The van der Waals surface area contributed by atoms with Gasteiger partial charge in [-0.1, -0.05) is 13.5 Å². The Morgan fingerprint density at radius 2 is 1.80 bits per heavy atom. The summed E-state index contributed by atoms with van der Waals surface area (Å²) in [7, 11) is 3.26. The number of ether oxygens (including phenoxy) is 3. The van der Waals surface area contributed by atoms with E-state index in [1.54, 1.807) is 14.2 Å². The van der Waals surface area contributed by atoms with Crippen molar-refractivity contribution < 1.29 is 14.2 Å². The maximum absolute atomic E-state index is 5.72. The molecule has 0 saturated heterocycles. The van der Waals surface area contributed by atoms with E-state index in [9.17, 15) is 0 Å². The molecule has 0 spiro atoms. The Morgan fingerprint density at radius 1 is 1.20 bits per heavy atom. The monoisotopic (exact) mass is 279 g/mol. The van der Waals surface area contributed by atoms with Gasteiger partial charge in [0.15, 0.2) is 11.5 Å². The summed E-state index contributed by atoms with van der Waals surface area (Å²) < 4.78 is 16.5. The van der Waals surface area contributed by atoms with Gasteiger partial charge in [0, 0.05) is 6.54 Å². The van der Waals surface area contributed by atoms with Crippen LogP contribution in [0.15, 0.2) is 24.3 Å². The molecule has 0 unspecified atom stereocenters. The molecule has 0 saturated carbocycles. The maximum Gasteiger partial charge on any atom is 0.203 e. The third-order valence-corrected chi connectivity index (χ3v) is 2.74. The standard InChI is InChI=1S/C16H25NO3/c1-6-7-17-10-13-8-14(18-4)16(15(9-13)19-5)20-11-12(2)3/h8-9,17H,2,6-7,10-11H2,1,3-5H3. The lowest BCUT2D eigenvalue weighted by Crippen LogP contribution is -2.14. The average molecular weight is 279 g/mol. The zero-order valence-corrected chi connectivity index (χ0v) is 12.9. The molecule has 4 nitrogen and oxygen atoms in total. The van der Waals surface area contributed by atoms with Crippen LogP contribution in [0.3, 0.4) is 0 Å². The molecule has 112 valence electrons. The maximum atomic E-state index is 5.72. The molecule has 0 heterocycles. The molecule has 0 aliphatic rings. The van der Waals surface area contributed by atoms with Gasteiger partial charge in [-0.3, -0.25) is 0 Å². The highest BCUT2D eigenvalue weighted by Crippen LogP contribution is 2.38. The summed E-state index contributed by atoms with van der Waals surface area (Å²) in [6.07, 6.45) is 1.11. The van der Waals surface area contributed by atoms with Gasteiger partial charge in [0.1, 0.15) is 6.61 Å². The molecule has 0 fully saturated rings. The molecule has 1 N–H and O–H groups in total. The van der Waals surface area contributed by atoms with Crippen LogP contribution in [0.2, 0.25) is 0 Å². The predicted octanol–water partition coefficient (Wildman–Crippen LogP) is 3.16. The summed E-state index contributed by atoms with van der Waals surface area (Å²) in [5.74, 6) is 1.98. The van der Waals surface area contributed by atoms with Crippen LogP contribution in [0, 0.1) is 0 Å². The number of rotatable bonds is 9. The Kier molecular flexibility index (Phi) is 6.94. The fourth-order valence-corrected chi connectivity index (χ4v) is 1.78.